The van der Waals surface area contributed by atoms with Crippen molar-refractivity contribution in [1.82, 2.24) is 10.3 Å². The molecule has 0 aliphatic carbocycles. The summed E-state index contributed by atoms with van der Waals surface area (Å²) in [5.41, 5.74) is 12.9. The van der Waals surface area contributed by atoms with E-state index >= 15 is 0 Å². The molecule has 0 saturated heterocycles. The number of aliphatic imine (C=N–C) groups is 1. The maximum Gasteiger partial charge on any atom is 0.211 e. The molecule has 1 unspecified atom stereocenters. The Bertz CT molecular complexity index is 1050. The number of phenolic OH excluding ortho intramolecular Hbond substituents is 1. The lowest BCUT2D eigenvalue weighted by Crippen LogP contribution is -2.32. The Morgan fingerprint density at radius 2 is 2.07 bits per heavy atom. The predicted molar refractivity (Wildman–Crippen MR) is 103 cm³/mol. The maximum atomic E-state index is 10.6. The lowest BCUT2D eigenvalue weighted by Gasteiger charge is -2.26. The van der Waals surface area contributed by atoms with Crippen LogP contribution in [-0.2, 0) is 0 Å². The first-order valence-corrected chi connectivity index (χ1v) is 8.34. The first-order valence-electron chi connectivity index (χ1n) is 8.34. The number of benzene rings is 1. The van der Waals surface area contributed by atoms with Gasteiger partial charge in [-0.2, -0.15) is 10.5 Å². The van der Waals surface area contributed by atoms with Crippen LogP contribution in [0.1, 0.15) is 36.6 Å². The summed E-state index contributed by atoms with van der Waals surface area (Å²) >= 11 is 0. The number of anilines is 3. The Morgan fingerprint density at radius 3 is 2.68 bits per heavy atom. The Labute approximate surface area is 161 Å². The van der Waals surface area contributed by atoms with Gasteiger partial charge in [-0.25, -0.2) is 9.98 Å². The quantitative estimate of drug-likeness (QED) is 0.391. The second-order valence-electron chi connectivity index (χ2n) is 6.29. The fourth-order valence-corrected chi connectivity index (χ4v) is 2.91. The van der Waals surface area contributed by atoms with Crippen molar-refractivity contribution in [2.75, 3.05) is 16.8 Å². The number of phenols is 1. The number of rotatable bonds is 3. The minimum Gasteiger partial charge on any atom is -0.507 e. The Hall–Kier alpha value is -4.18. The first kappa shape index (κ1) is 18.6. The number of ether oxygens (including phenoxy) is 1. The summed E-state index contributed by atoms with van der Waals surface area (Å²) in [5, 5.41) is 34.1. The largest absolute Gasteiger partial charge is 0.507 e. The molecule has 2 aromatic rings. The number of aromatic nitrogens is 1. The van der Waals surface area contributed by atoms with E-state index in [2.05, 4.69) is 20.6 Å². The zero-order valence-electron chi connectivity index (χ0n) is 15.2. The number of aromatic hydroxyl groups is 1. The van der Waals surface area contributed by atoms with E-state index < -0.39 is 6.04 Å². The molecule has 1 aromatic carbocycles. The molecule has 10 heteroatoms. The van der Waals surface area contributed by atoms with Crippen LogP contribution in [0.3, 0.4) is 0 Å². The van der Waals surface area contributed by atoms with Crippen molar-refractivity contribution >= 4 is 23.3 Å². The number of nitrogens with zero attached hydrogens (tertiary/aromatic N) is 4. The highest BCUT2D eigenvalue weighted by molar-refractivity contribution is 5.98. The third kappa shape index (κ3) is 3.27. The summed E-state index contributed by atoms with van der Waals surface area (Å²) in [4.78, 5) is 8.57. The zero-order valence-corrected chi connectivity index (χ0v) is 15.2. The lowest BCUT2D eigenvalue weighted by atomic mass is 9.94. The van der Waals surface area contributed by atoms with Gasteiger partial charge < -0.3 is 26.6 Å². The lowest BCUT2D eigenvalue weighted by molar-refractivity contribution is 0.241. The molecule has 1 aliphatic heterocycles. The van der Waals surface area contributed by atoms with Crippen LogP contribution in [-0.4, -0.2) is 22.2 Å². The molecule has 0 radical (unpaired) electrons. The van der Waals surface area contributed by atoms with Gasteiger partial charge in [0.25, 0.3) is 0 Å². The molecule has 0 bridgehead atoms. The average molecular weight is 378 g/mol. The normalized spacial score (nSPS) is 14.9. The van der Waals surface area contributed by atoms with Crippen LogP contribution >= 0.6 is 0 Å². The number of fused-ring (bicyclic) bond motifs is 1. The molecule has 0 fully saturated rings. The van der Waals surface area contributed by atoms with E-state index in [1.54, 1.807) is 18.3 Å². The van der Waals surface area contributed by atoms with Gasteiger partial charge in [0.1, 0.15) is 40.8 Å². The molecule has 2 heterocycles. The van der Waals surface area contributed by atoms with Gasteiger partial charge in [-0.15, -0.1) is 0 Å². The maximum absolute atomic E-state index is 10.6. The summed E-state index contributed by atoms with van der Waals surface area (Å²) in [6.45, 7) is 3.75. The van der Waals surface area contributed by atoms with E-state index in [0.29, 0.717) is 16.9 Å². The minimum absolute atomic E-state index is 0.0247. The number of nitrogens with two attached hydrogens (primary N) is 2. The Morgan fingerprint density at radius 1 is 1.32 bits per heavy atom. The van der Waals surface area contributed by atoms with Gasteiger partial charge in [0.05, 0.1) is 11.8 Å². The van der Waals surface area contributed by atoms with Crippen molar-refractivity contribution in [3.8, 4) is 23.8 Å². The van der Waals surface area contributed by atoms with Crippen LogP contribution in [0.5, 0.6) is 11.5 Å². The molecule has 0 amide bonds. The molecule has 0 saturated carbocycles. The summed E-state index contributed by atoms with van der Waals surface area (Å²) in [6.07, 6.45) is 1.71. The van der Waals surface area contributed by atoms with Crippen LogP contribution in [0.15, 0.2) is 23.2 Å². The van der Waals surface area contributed by atoms with Gasteiger partial charge in [0, 0.05) is 17.2 Å². The number of nitriles is 2. The van der Waals surface area contributed by atoms with Crippen molar-refractivity contribution in [2.45, 2.75) is 26.0 Å². The highest BCUT2D eigenvalue weighted by Crippen LogP contribution is 2.43. The third-order valence-corrected chi connectivity index (χ3v) is 4.03. The van der Waals surface area contributed by atoms with Crippen molar-refractivity contribution in [2.24, 2.45) is 4.99 Å². The second-order valence-corrected chi connectivity index (χ2v) is 6.29. The van der Waals surface area contributed by atoms with Gasteiger partial charge in [0.15, 0.2) is 6.19 Å². The molecule has 7 N–H and O–H groups in total. The third-order valence-electron chi connectivity index (χ3n) is 4.03. The van der Waals surface area contributed by atoms with Crippen LogP contribution < -0.4 is 26.8 Å². The topological polar surface area (TPSA) is 178 Å². The van der Waals surface area contributed by atoms with Crippen molar-refractivity contribution in [1.29, 1.82) is 10.5 Å². The smallest absolute Gasteiger partial charge is 0.211 e. The van der Waals surface area contributed by atoms with Crippen LogP contribution in [0.4, 0.5) is 17.3 Å². The zero-order chi connectivity index (χ0) is 20.4. The van der Waals surface area contributed by atoms with E-state index in [-0.39, 0.29) is 40.7 Å². The second kappa shape index (κ2) is 7.21. The monoisotopic (exact) mass is 378 g/mol. The number of guanidine groups is 1. The van der Waals surface area contributed by atoms with Crippen LogP contribution in [0.25, 0.3) is 0 Å². The van der Waals surface area contributed by atoms with Crippen molar-refractivity contribution in [3.63, 3.8) is 0 Å². The minimum atomic E-state index is -0.819. The average Bonchev–Trinajstić information content (AvgIpc) is 2.61. The number of pyridine rings is 1. The van der Waals surface area contributed by atoms with E-state index in [0.717, 1.165) is 0 Å². The summed E-state index contributed by atoms with van der Waals surface area (Å²) in [7, 11) is 0. The standard InChI is InChI=1S/C18H18N8O2/c1-8(2)28-9-3-4-10(12(27)5-9)15-13-14(21)11(6-19)16(22)25-17(13)26-18(24-15)23-7-20/h3-5,8,15,27H,1-2H3,(H6,21,22,23,24,25,26). The fourth-order valence-electron chi connectivity index (χ4n) is 2.91. The summed E-state index contributed by atoms with van der Waals surface area (Å²) in [6, 6.07) is 5.91. The van der Waals surface area contributed by atoms with Gasteiger partial charge in [-0.3, -0.25) is 5.32 Å². The molecule has 142 valence electrons. The molecule has 3 rings (SSSR count). The first-order chi connectivity index (χ1) is 13.3. The summed E-state index contributed by atoms with van der Waals surface area (Å²) in [5.74, 6) is 0.719. The molecule has 28 heavy (non-hydrogen) atoms. The highest BCUT2D eigenvalue weighted by atomic mass is 16.5. The van der Waals surface area contributed by atoms with Crippen LogP contribution in [0.2, 0.25) is 0 Å². The van der Waals surface area contributed by atoms with E-state index in [4.69, 9.17) is 21.5 Å². The molecule has 1 aliphatic rings. The van der Waals surface area contributed by atoms with Gasteiger partial charge in [0.2, 0.25) is 5.96 Å². The molecular weight excluding hydrogens is 360 g/mol. The van der Waals surface area contributed by atoms with E-state index in [9.17, 15) is 10.4 Å². The molecule has 1 aromatic heterocycles. The Balaban J connectivity index is 2.18. The molecular formula is C18H18N8O2. The molecule has 0 spiro atoms. The number of nitrogen functional groups attached to an aromatic ring is 2. The van der Waals surface area contributed by atoms with Gasteiger partial charge in [-0.1, -0.05) is 0 Å². The van der Waals surface area contributed by atoms with Crippen molar-refractivity contribution in [3.05, 3.63) is 34.9 Å². The number of hydrogen-bond donors (Lipinski definition) is 5. The van der Waals surface area contributed by atoms with Gasteiger partial charge >= 0.3 is 0 Å². The number of hydrogen-bond acceptors (Lipinski definition) is 10. The predicted octanol–water partition coefficient (Wildman–Crippen LogP) is 1.55. The molecule has 10 nitrogen and oxygen atoms in total. The van der Waals surface area contributed by atoms with E-state index in [1.807, 2.05) is 19.9 Å². The molecule has 1 atom stereocenters. The summed E-state index contributed by atoms with van der Waals surface area (Å²) < 4.78 is 5.58. The van der Waals surface area contributed by atoms with E-state index in [1.165, 1.54) is 6.07 Å². The van der Waals surface area contributed by atoms with Gasteiger partial charge in [-0.05, 0) is 26.0 Å². The SMILES string of the molecule is CC(C)Oc1ccc(C2N=C(NC#N)Nc3nc(N)c(C#N)c(N)c32)c(O)c1. The van der Waals surface area contributed by atoms with Crippen molar-refractivity contribution < 1.29 is 9.84 Å². The fraction of sp³-hybridized carbons (Fsp3) is 0.222. The highest BCUT2D eigenvalue weighted by Gasteiger charge is 2.31. The Kier molecular flexibility index (Phi) is 4.79. The van der Waals surface area contributed by atoms with Crippen LogP contribution in [0, 0.1) is 22.8 Å². The number of nitrogens with one attached hydrogen (secondary N) is 2.